The van der Waals surface area contributed by atoms with Gasteiger partial charge in [0.15, 0.2) is 5.82 Å². The largest absolute Gasteiger partial charge is 0.333 e. The van der Waals surface area contributed by atoms with Gasteiger partial charge < -0.3 is 9.84 Å². The van der Waals surface area contributed by atoms with E-state index in [4.69, 9.17) is 4.52 Å². The van der Waals surface area contributed by atoms with Crippen LogP contribution in [0.1, 0.15) is 25.2 Å². The molecule has 1 fully saturated rings. The number of piperazine rings is 1. The molecule has 1 atom stereocenters. The summed E-state index contributed by atoms with van der Waals surface area (Å²) in [5.74, 6) is 1.45. The zero-order chi connectivity index (χ0) is 13.1. The number of hydrogen-bond donors (Lipinski definition) is 1. The zero-order valence-electron chi connectivity index (χ0n) is 11.0. The number of thiophene rings is 1. The third-order valence-corrected chi connectivity index (χ3v) is 4.31. The lowest BCUT2D eigenvalue weighted by atomic mass is 10.1. The van der Waals surface area contributed by atoms with Crippen LogP contribution < -0.4 is 5.32 Å². The first-order chi connectivity index (χ1) is 9.38. The Kier molecular flexibility index (Phi) is 3.91. The molecule has 0 aliphatic carbocycles. The molecule has 3 heterocycles. The zero-order valence-corrected chi connectivity index (χ0v) is 11.8. The molecule has 0 radical (unpaired) electrons. The van der Waals surface area contributed by atoms with E-state index in [0.717, 1.165) is 43.3 Å². The molecule has 5 nitrogen and oxygen atoms in total. The second-order valence-electron chi connectivity index (χ2n) is 4.65. The summed E-state index contributed by atoms with van der Waals surface area (Å²) in [5, 5.41) is 9.57. The molecule has 1 unspecified atom stereocenters. The molecular formula is C13H18N4OS. The summed E-state index contributed by atoms with van der Waals surface area (Å²) in [6.07, 6.45) is 1.00. The van der Waals surface area contributed by atoms with Crippen LogP contribution in [0.4, 0.5) is 0 Å². The molecule has 0 spiro atoms. The molecule has 6 heteroatoms. The van der Waals surface area contributed by atoms with Crippen molar-refractivity contribution in [2.24, 2.45) is 0 Å². The molecule has 0 saturated carbocycles. The van der Waals surface area contributed by atoms with Crippen LogP contribution in [0.25, 0.3) is 10.8 Å². The molecule has 0 bridgehead atoms. The Balaban J connectivity index is 1.79. The molecule has 0 aromatic carbocycles. The van der Waals surface area contributed by atoms with E-state index in [0.29, 0.717) is 5.89 Å². The normalized spacial score (nSPS) is 18.6. The third-order valence-electron chi connectivity index (χ3n) is 3.45. The van der Waals surface area contributed by atoms with Crippen molar-refractivity contribution in [2.45, 2.75) is 19.4 Å². The van der Waals surface area contributed by atoms with Crippen molar-refractivity contribution in [2.75, 3.05) is 26.2 Å². The van der Waals surface area contributed by atoms with Crippen LogP contribution in [0.3, 0.4) is 0 Å². The Morgan fingerprint density at radius 1 is 1.47 bits per heavy atom. The van der Waals surface area contributed by atoms with Gasteiger partial charge in [-0.2, -0.15) is 4.98 Å². The minimum atomic E-state index is 0.263. The summed E-state index contributed by atoms with van der Waals surface area (Å²) in [6.45, 7) is 6.33. The Morgan fingerprint density at radius 2 is 2.32 bits per heavy atom. The molecule has 3 rings (SSSR count). The van der Waals surface area contributed by atoms with Crippen LogP contribution in [0.2, 0.25) is 0 Å². The fourth-order valence-electron chi connectivity index (χ4n) is 2.47. The van der Waals surface area contributed by atoms with E-state index in [1.807, 2.05) is 17.5 Å². The van der Waals surface area contributed by atoms with Crippen molar-refractivity contribution in [3.63, 3.8) is 0 Å². The molecule has 1 aliphatic heterocycles. The predicted molar refractivity (Wildman–Crippen MR) is 75.1 cm³/mol. The van der Waals surface area contributed by atoms with Crippen LogP contribution in [0.15, 0.2) is 22.0 Å². The minimum absolute atomic E-state index is 0.263. The van der Waals surface area contributed by atoms with Crippen molar-refractivity contribution >= 4 is 11.3 Å². The van der Waals surface area contributed by atoms with Crippen molar-refractivity contribution in [1.29, 1.82) is 0 Å². The van der Waals surface area contributed by atoms with Crippen molar-refractivity contribution in [3.8, 4) is 10.8 Å². The van der Waals surface area contributed by atoms with Gasteiger partial charge in [0.2, 0.25) is 0 Å². The molecule has 19 heavy (non-hydrogen) atoms. The smallest absolute Gasteiger partial charge is 0.268 e. The van der Waals surface area contributed by atoms with Gasteiger partial charge in [-0.25, -0.2) is 0 Å². The summed E-state index contributed by atoms with van der Waals surface area (Å²) in [5.41, 5.74) is 0. The quantitative estimate of drug-likeness (QED) is 0.928. The van der Waals surface area contributed by atoms with E-state index in [1.165, 1.54) is 0 Å². The molecule has 1 saturated heterocycles. The van der Waals surface area contributed by atoms with E-state index < -0.39 is 0 Å². The SMILES string of the molecule is CCC(c1noc(-c2cccs2)n1)N1CCNCC1. The van der Waals surface area contributed by atoms with E-state index in [-0.39, 0.29) is 6.04 Å². The van der Waals surface area contributed by atoms with E-state index in [1.54, 1.807) is 11.3 Å². The van der Waals surface area contributed by atoms with Gasteiger partial charge in [0, 0.05) is 26.2 Å². The van der Waals surface area contributed by atoms with Crippen LogP contribution in [-0.4, -0.2) is 41.2 Å². The Morgan fingerprint density at radius 3 is 3.00 bits per heavy atom. The molecule has 102 valence electrons. The second-order valence-corrected chi connectivity index (χ2v) is 5.59. The number of nitrogens with one attached hydrogen (secondary N) is 1. The Hall–Kier alpha value is -1.24. The summed E-state index contributed by atoms with van der Waals surface area (Å²) in [4.78, 5) is 8.04. The Labute approximate surface area is 116 Å². The average Bonchev–Trinajstić information content (AvgIpc) is 3.11. The topological polar surface area (TPSA) is 54.2 Å². The first-order valence-electron chi connectivity index (χ1n) is 6.70. The summed E-state index contributed by atoms with van der Waals surface area (Å²) in [6, 6.07) is 4.27. The summed E-state index contributed by atoms with van der Waals surface area (Å²) in [7, 11) is 0. The minimum Gasteiger partial charge on any atom is -0.333 e. The maximum absolute atomic E-state index is 5.39. The van der Waals surface area contributed by atoms with E-state index in [9.17, 15) is 0 Å². The lowest BCUT2D eigenvalue weighted by Gasteiger charge is -2.32. The lowest BCUT2D eigenvalue weighted by molar-refractivity contribution is 0.160. The maximum Gasteiger partial charge on any atom is 0.268 e. The Bertz CT molecular complexity index is 504. The van der Waals surface area contributed by atoms with Gasteiger partial charge >= 0.3 is 0 Å². The average molecular weight is 278 g/mol. The molecule has 2 aromatic heterocycles. The highest BCUT2D eigenvalue weighted by Crippen LogP contribution is 2.27. The van der Waals surface area contributed by atoms with Gasteiger partial charge in [-0.15, -0.1) is 11.3 Å². The number of hydrogen-bond acceptors (Lipinski definition) is 6. The molecule has 1 N–H and O–H groups in total. The monoisotopic (exact) mass is 278 g/mol. The molecular weight excluding hydrogens is 260 g/mol. The molecule has 2 aromatic rings. The van der Waals surface area contributed by atoms with Crippen molar-refractivity contribution < 1.29 is 4.52 Å². The standard InChI is InChI=1S/C13H18N4OS/c1-2-10(17-7-5-14-6-8-17)12-15-13(18-16-12)11-4-3-9-19-11/h3-4,9-10,14H,2,5-8H2,1H3. The number of aromatic nitrogens is 2. The highest BCUT2D eigenvalue weighted by atomic mass is 32.1. The first kappa shape index (κ1) is 12.8. The summed E-state index contributed by atoms with van der Waals surface area (Å²) < 4.78 is 5.39. The van der Waals surface area contributed by atoms with Crippen molar-refractivity contribution in [1.82, 2.24) is 20.4 Å². The molecule has 0 amide bonds. The third kappa shape index (κ3) is 2.70. The van der Waals surface area contributed by atoms with Crippen LogP contribution in [-0.2, 0) is 0 Å². The highest BCUT2D eigenvalue weighted by Gasteiger charge is 2.25. The summed E-state index contributed by atoms with van der Waals surface area (Å²) >= 11 is 1.62. The second kappa shape index (κ2) is 5.81. The van der Waals surface area contributed by atoms with E-state index >= 15 is 0 Å². The van der Waals surface area contributed by atoms with Crippen LogP contribution in [0.5, 0.6) is 0 Å². The number of rotatable bonds is 4. The van der Waals surface area contributed by atoms with Crippen LogP contribution in [0, 0.1) is 0 Å². The highest BCUT2D eigenvalue weighted by molar-refractivity contribution is 7.13. The van der Waals surface area contributed by atoms with Gasteiger partial charge in [-0.05, 0) is 17.9 Å². The number of nitrogens with zero attached hydrogens (tertiary/aromatic N) is 3. The predicted octanol–water partition coefficient (Wildman–Crippen LogP) is 2.15. The van der Waals surface area contributed by atoms with E-state index in [2.05, 4.69) is 27.3 Å². The maximum atomic E-state index is 5.39. The van der Waals surface area contributed by atoms with Crippen LogP contribution >= 0.6 is 11.3 Å². The lowest BCUT2D eigenvalue weighted by Crippen LogP contribution is -2.45. The van der Waals surface area contributed by atoms with Gasteiger partial charge in [0.1, 0.15) is 0 Å². The van der Waals surface area contributed by atoms with Gasteiger partial charge in [0.05, 0.1) is 10.9 Å². The van der Waals surface area contributed by atoms with Gasteiger partial charge in [-0.1, -0.05) is 18.1 Å². The fraction of sp³-hybridized carbons (Fsp3) is 0.538. The first-order valence-corrected chi connectivity index (χ1v) is 7.58. The fourth-order valence-corrected chi connectivity index (χ4v) is 3.11. The van der Waals surface area contributed by atoms with Crippen molar-refractivity contribution in [3.05, 3.63) is 23.3 Å². The van der Waals surface area contributed by atoms with Gasteiger partial charge in [0.25, 0.3) is 5.89 Å². The molecule has 1 aliphatic rings. The van der Waals surface area contributed by atoms with Gasteiger partial charge in [-0.3, -0.25) is 4.90 Å².